The molecule has 0 aliphatic carbocycles. The third-order valence-electron chi connectivity index (χ3n) is 1.67. The minimum absolute atomic E-state index is 0.161. The normalized spacial score (nSPS) is 11.6. The molecule has 0 saturated carbocycles. The lowest BCUT2D eigenvalue weighted by Gasteiger charge is -2.19. The topological polar surface area (TPSA) is 122 Å². The minimum Gasteiger partial charge on any atom is -0.480 e. The molecule has 1 atom stereocenters. The van der Waals surface area contributed by atoms with E-state index in [-0.39, 0.29) is 13.2 Å². The Bertz CT molecular complexity index is 281. The number of likely N-dealkylation sites (N-methyl/N-ethyl adjacent to an activating group) is 1. The number of hydrogen-bond acceptors (Lipinski definition) is 4. The predicted molar refractivity (Wildman–Crippen MR) is 53.7 cm³/mol. The zero-order valence-electron chi connectivity index (χ0n) is 9.10. The quantitative estimate of drug-likeness (QED) is 0.500. The van der Waals surface area contributed by atoms with E-state index >= 15 is 0 Å². The lowest BCUT2D eigenvalue weighted by Crippen LogP contribution is -2.50. The zero-order chi connectivity index (χ0) is 12.7. The largest absolute Gasteiger partial charge is 0.480 e. The fraction of sp³-hybridized carbons (Fsp3) is 0.625. The molecule has 0 aliphatic rings. The van der Waals surface area contributed by atoms with E-state index in [2.05, 4.69) is 10.1 Å². The van der Waals surface area contributed by atoms with Gasteiger partial charge in [0.2, 0.25) is 5.91 Å². The van der Waals surface area contributed by atoms with Crippen LogP contribution in [0.15, 0.2) is 0 Å². The van der Waals surface area contributed by atoms with E-state index in [4.69, 9.17) is 10.8 Å². The van der Waals surface area contributed by atoms with Crippen LogP contribution in [0.4, 0.5) is 4.79 Å². The summed E-state index contributed by atoms with van der Waals surface area (Å²) in [7, 11) is 2.64. The zero-order valence-corrected chi connectivity index (χ0v) is 9.10. The number of ether oxygens (including phenoxy) is 1. The van der Waals surface area contributed by atoms with Crippen molar-refractivity contribution in [3.8, 4) is 0 Å². The average Bonchev–Trinajstić information content (AvgIpc) is 2.15. The van der Waals surface area contributed by atoms with Gasteiger partial charge in [-0.15, -0.1) is 0 Å². The Morgan fingerprint density at radius 1 is 1.50 bits per heavy atom. The Labute approximate surface area is 92.3 Å². The number of carbonyl (C=O) groups excluding carboxylic acids is 2. The molecular weight excluding hydrogens is 218 g/mol. The molecule has 0 aliphatic heterocycles. The smallest absolute Gasteiger partial charge is 0.328 e. The first-order chi connectivity index (χ1) is 7.38. The maximum Gasteiger partial charge on any atom is 0.328 e. The maximum absolute atomic E-state index is 11.4. The number of amides is 3. The Hall–Kier alpha value is -1.83. The summed E-state index contributed by atoms with van der Waals surface area (Å²) in [5.41, 5.74) is 4.88. The van der Waals surface area contributed by atoms with Crippen LogP contribution in [0.3, 0.4) is 0 Å². The highest BCUT2D eigenvalue weighted by molar-refractivity contribution is 5.85. The van der Waals surface area contributed by atoms with Crippen molar-refractivity contribution < 1.29 is 24.2 Å². The molecule has 8 heteroatoms. The number of carbonyl (C=O) groups is 3. The van der Waals surface area contributed by atoms with Crippen LogP contribution in [-0.2, 0) is 14.3 Å². The number of carboxylic acid groups (broad SMARTS) is 1. The summed E-state index contributed by atoms with van der Waals surface area (Å²) in [6.45, 7) is -0.448. The van der Waals surface area contributed by atoms with E-state index < -0.39 is 23.9 Å². The molecule has 0 fully saturated rings. The van der Waals surface area contributed by atoms with Crippen molar-refractivity contribution in [3.05, 3.63) is 0 Å². The van der Waals surface area contributed by atoms with Gasteiger partial charge in [0.1, 0.15) is 6.54 Å². The lowest BCUT2D eigenvalue weighted by atomic mass is 10.3. The summed E-state index contributed by atoms with van der Waals surface area (Å²) in [4.78, 5) is 33.5. The van der Waals surface area contributed by atoms with Crippen molar-refractivity contribution in [2.24, 2.45) is 5.73 Å². The fourth-order valence-corrected chi connectivity index (χ4v) is 0.906. The number of nitrogens with zero attached hydrogens (tertiary/aromatic N) is 1. The maximum atomic E-state index is 11.4. The van der Waals surface area contributed by atoms with Gasteiger partial charge in [0.05, 0.1) is 6.61 Å². The van der Waals surface area contributed by atoms with E-state index in [9.17, 15) is 14.4 Å². The van der Waals surface area contributed by atoms with E-state index in [1.54, 1.807) is 0 Å². The highest BCUT2D eigenvalue weighted by atomic mass is 16.5. The highest BCUT2D eigenvalue weighted by Crippen LogP contribution is 1.90. The molecular formula is C8H15N3O5. The summed E-state index contributed by atoms with van der Waals surface area (Å²) < 4.78 is 4.62. The second-order valence-corrected chi connectivity index (χ2v) is 3.12. The van der Waals surface area contributed by atoms with Crippen LogP contribution in [0, 0.1) is 0 Å². The molecule has 0 rings (SSSR count). The second kappa shape index (κ2) is 6.62. The van der Waals surface area contributed by atoms with Gasteiger partial charge in [0, 0.05) is 14.2 Å². The van der Waals surface area contributed by atoms with Crippen LogP contribution in [0.2, 0.25) is 0 Å². The second-order valence-electron chi connectivity index (χ2n) is 3.12. The van der Waals surface area contributed by atoms with E-state index in [1.807, 2.05) is 0 Å². The molecule has 4 N–H and O–H groups in total. The third-order valence-corrected chi connectivity index (χ3v) is 1.67. The molecule has 8 nitrogen and oxygen atoms in total. The summed E-state index contributed by atoms with van der Waals surface area (Å²) in [5, 5.41) is 10.9. The number of rotatable bonds is 6. The summed E-state index contributed by atoms with van der Waals surface area (Å²) in [6, 6.07) is -1.86. The van der Waals surface area contributed by atoms with Gasteiger partial charge in [-0.05, 0) is 0 Å². The van der Waals surface area contributed by atoms with E-state index in [0.717, 1.165) is 4.90 Å². The molecule has 92 valence electrons. The van der Waals surface area contributed by atoms with Crippen molar-refractivity contribution in [2.45, 2.75) is 6.04 Å². The van der Waals surface area contributed by atoms with Crippen molar-refractivity contribution in [1.82, 2.24) is 10.2 Å². The molecule has 0 spiro atoms. The van der Waals surface area contributed by atoms with E-state index in [1.165, 1.54) is 14.2 Å². The Balaban J connectivity index is 4.28. The number of nitrogens with one attached hydrogen (secondary N) is 1. The van der Waals surface area contributed by atoms with Gasteiger partial charge < -0.3 is 25.8 Å². The number of urea groups is 1. The standard InChI is InChI=1S/C8H15N3O5/c1-11(3-6(9)12)8(15)10-5(4-16-2)7(13)14/h5H,3-4H2,1-2H3,(H2,9,12)(H,10,15)(H,13,14). The first-order valence-corrected chi connectivity index (χ1v) is 4.40. The van der Waals surface area contributed by atoms with Crippen molar-refractivity contribution in [2.75, 3.05) is 27.3 Å². The monoisotopic (exact) mass is 233 g/mol. The molecule has 16 heavy (non-hydrogen) atoms. The third kappa shape index (κ3) is 5.15. The van der Waals surface area contributed by atoms with Gasteiger partial charge in [0.15, 0.2) is 6.04 Å². The fourth-order valence-electron chi connectivity index (χ4n) is 0.906. The van der Waals surface area contributed by atoms with Gasteiger partial charge in [-0.2, -0.15) is 0 Å². The number of hydrogen-bond donors (Lipinski definition) is 3. The van der Waals surface area contributed by atoms with Gasteiger partial charge in [-0.25, -0.2) is 9.59 Å². The van der Waals surface area contributed by atoms with Crippen molar-refractivity contribution in [1.29, 1.82) is 0 Å². The van der Waals surface area contributed by atoms with Crippen LogP contribution in [0.25, 0.3) is 0 Å². The molecule has 3 amide bonds. The molecule has 0 heterocycles. The molecule has 0 aromatic heterocycles. The Kier molecular flexibility index (Phi) is 5.86. The summed E-state index contributed by atoms with van der Waals surface area (Å²) in [5.74, 6) is -1.90. The Morgan fingerprint density at radius 3 is 2.44 bits per heavy atom. The number of carboxylic acids is 1. The first kappa shape index (κ1) is 14.2. The van der Waals surface area contributed by atoms with Gasteiger partial charge in [0.25, 0.3) is 0 Å². The summed E-state index contributed by atoms with van der Waals surface area (Å²) >= 11 is 0. The van der Waals surface area contributed by atoms with Crippen LogP contribution in [-0.4, -0.2) is 61.3 Å². The Morgan fingerprint density at radius 2 is 2.06 bits per heavy atom. The van der Waals surface area contributed by atoms with Gasteiger partial charge >= 0.3 is 12.0 Å². The lowest BCUT2D eigenvalue weighted by molar-refractivity contribution is -0.140. The molecule has 0 bridgehead atoms. The van der Waals surface area contributed by atoms with Crippen molar-refractivity contribution in [3.63, 3.8) is 0 Å². The van der Waals surface area contributed by atoms with Crippen LogP contribution >= 0.6 is 0 Å². The molecule has 0 aromatic carbocycles. The van der Waals surface area contributed by atoms with Gasteiger partial charge in [-0.3, -0.25) is 4.79 Å². The molecule has 0 saturated heterocycles. The predicted octanol–water partition coefficient (Wildman–Crippen LogP) is -1.79. The molecule has 0 radical (unpaired) electrons. The number of nitrogens with two attached hydrogens (primary N) is 1. The van der Waals surface area contributed by atoms with Gasteiger partial charge in [-0.1, -0.05) is 0 Å². The number of aliphatic carboxylic acids is 1. The van der Waals surface area contributed by atoms with Crippen molar-refractivity contribution >= 4 is 17.9 Å². The highest BCUT2D eigenvalue weighted by Gasteiger charge is 2.21. The first-order valence-electron chi connectivity index (χ1n) is 4.40. The number of methoxy groups -OCH3 is 1. The minimum atomic E-state index is -1.22. The molecule has 0 aromatic rings. The number of primary amides is 1. The SMILES string of the molecule is COCC(NC(=O)N(C)CC(N)=O)C(=O)O. The molecule has 1 unspecified atom stereocenters. The van der Waals surface area contributed by atoms with Crippen LogP contribution in [0.1, 0.15) is 0 Å². The van der Waals surface area contributed by atoms with E-state index in [0.29, 0.717) is 0 Å². The van der Waals surface area contributed by atoms with Crippen LogP contribution < -0.4 is 11.1 Å². The van der Waals surface area contributed by atoms with Crippen LogP contribution in [0.5, 0.6) is 0 Å². The summed E-state index contributed by atoms with van der Waals surface area (Å²) in [6.07, 6.45) is 0. The average molecular weight is 233 g/mol.